The maximum absolute atomic E-state index is 10.6. The van der Waals surface area contributed by atoms with E-state index >= 15 is 0 Å². The first kappa shape index (κ1) is 11.9. The number of aliphatic carboxylic acids is 1. The normalized spacial score (nSPS) is 10.7. The molecule has 0 saturated heterocycles. The summed E-state index contributed by atoms with van der Waals surface area (Å²) in [5, 5.41) is 9.80. The summed E-state index contributed by atoms with van der Waals surface area (Å²) >= 11 is 1.34. The van der Waals surface area contributed by atoms with Crippen molar-refractivity contribution < 1.29 is 9.90 Å². The fourth-order valence-electron chi connectivity index (χ4n) is 1.80. The van der Waals surface area contributed by atoms with Crippen LogP contribution < -0.4 is 0 Å². The zero-order valence-corrected chi connectivity index (χ0v) is 10.5. The lowest BCUT2D eigenvalue weighted by Crippen LogP contribution is -1.98. The molecule has 2 aromatic rings. The van der Waals surface area contributed by atoms with Crippen LogP contribution in [0, 0.1) is 13.8 Å². The van der Waals surface area contributed by atoms with Crippen molar-refractivity contribution in [3.8, 4) is 0 Å². The van der Waals surface area contributed by atoms with E-state index in [1.807, 2.05) is 32.0 Å². The van der Waals surface area contributed by atoms with Gasteiger partial charge in [0.05, 0.1) is 11.3 Å². The van der Waals surface area contributed by atoms with Gasteiger partial charge in [-0.3, -0.25) is 9.78 Å². The van der Waals surface area contributed by atoms with E-state index in [1.165, 1.54) is 11.8 Å². The van der Waals surface area contributed by atoms with Crippen LogP contribution in [0.5, 0.6) is 0 Å². The highest BCUT2D eigenvalue weighted by atomic mass is 32.2. The maximum atomic E-state index is 10.6. The monoisotopic (exact) mass is 247 g/mol. The van der Waals surface area contributed by atoms with Gasteiger partial charge in [0.15, 0.2) is 0 Å². The van der Waals surface area contributed by atoms with Crippen molar-refractivity contribution in [1.29, 1.82) is 0 Å². The summed E-state index contributed by atoms with van der Waals surface area (Å²) in [5.74, 6) is -0.725. The van der Waals surface area contributed by atoms with Gasteiger partial charge in [-0.2, -0.15) is 0 Å². The molecular formula is C13H13NO2S. The predicted octanol–water partition coefficient (Wildman–Crippen LogP) is 3.03. The Labute approximate surface area is 104 Å². The minimum absolute atomic E-state index is 0.0759. The number of carbonyl (C=O) groups is 1. The maximum Gasteiger partial charge on any atom is 0.313 e. The van der Waals surface area contributed by atoms with E-state index < -0.39 is 5.97 Å². The lowest BCUT2D eigenvalue weighted by Gasteiger charge is -2.09. The molecule has 0 amide bonds. The molecule has 1 N–H and O–H groups in total. The van der Waals surface area contributed by atoms with Gasteiger partial charge in [-0.1, -0.05) is 12.1 Å². The predicted molar refractivity (Wildman–Crippen MR) is 69.6 cm³/mol. The number of carboxylic acids is 1. The van der Waals surface area contributed by atoms with Gasteiger partial charge in [-0.25, -0.2) is 0 Å². The molecule has 1 aromatic heterocycles. The molecule has 0 bridgehead atoms. The Balaban J connectivity index is 2.56. The lowest BCUT2D eigenvalue weighted by molar-refractivity contribution is -0.133. The second-order valence-corrected chi connectivity index (χ2v) is 4.93. The van der Waals surface area contributed by atoms with Gasteiger partial charge < -0.3 is 5.11 Å². The van der Waals surface area contributed by atoms with Crippen molar-refractivity contribution in [3.63, 3.8) is 0 Å². The highest BCUT2D eigenvalue weighted by molar-refractivity contribution is 8.00. The summed E-state index contributed by atoms with van der Waals surface area (Å²) in [6.07, 6.45) is 1.74. The number of carboxylic acid groups (broad SMARTS) is 1. The Morgan fingerprint density at radius 3 is 2.71 bits per heavy atom. The zero-order valence-electron chi connectivity index (χ0n) is 9.73. The van der Waals surface area contributed by atoms with E-state index in [9.17, 15) is 4.79 Å². The molecule has 2 rings (SSSR count). The molecule has 4 heteroatoms. The molecule has 3 nitrogen and oxygen atoms in total. The smallest absolute Gasteiger partial charge is 0.313 e. The van der Waals surface area contributed by atoms with E-state index in [2.05, 4.69) is 4.98 Å². The second kappa shape index (κ2) is 4.75. The molecule has 88 valence electrons. The summed E-state index contributed by atoms with van der Waals surface area (Å²) in [6, 6.07) is 5.96. The Morgan fingerprint density at radius 2 is 2.00 bits per heavy atom. The molecule has 0 radical (unpaired) electrons. The number of hydrogen-bond donors (Lipinski definition) is 1. The van der Waals surface area contributed by atoms with Crippen molar-refractivity contribution >= 4 is 28.6 Å². The molecule has 17 heavy (non-hydrogen) atoms. The number of rotatable bonds is 3. The molecule has 0 unspecified atom stereocenters. The topological polar surface area (TPSA) is 50.2 Å². The fourth-order valence-corrected chi connectivity index (χ4v) is 2.63. The number of hydrogen-bond acceptors (Lipinski definition) is 3. The number of thioether (sulfide) groups is 1. The van der Waals surface area contributed by atoms with Crippen LogP contribution in [-0.4, -0.2) is 21.8 Å². The molecule has 0 aliphatic carbocycles. The van der Waals surface area contributed by atoms with Crippen LogP contribution in [0.1, 0.15) is 11.1 Å². The Morgan fingerprint density at radius 1 is 1.29 bits per heavy atom. The standard InChI is InChI=1S/C13H13NO2S/c1-8-3-4-9(2)13-12(8)10(5-6-14-13)17-7-11(15)16/h3-6H,7H2,1-2H3,(H,15,16). The molecular weight excluding hydrogens is 234 g/mol. The number of benzene rings is 1. The van der Waals surface area contributed by atoms with Crippen LogP contribution >= 0.6 is 11.8 Å². The van der Waals surface area contributed by atoms with Crippen LogP contribution in [0.2, 0.25) is 0 Å². The third-order valence-electron chi connectivity index (χ3n) is 2.62. The molecule has 1 heterocycles. The highest BCUT2D eigenvalue weighted by Gasteiger charge is 2.08. The molecule has 0 spiro atoms. The number of pyridine rings is 1. The van der Waals surface area contributed by atoms with Gasteiger partial charge in [0.2, 0.25) is 0 Å². The summed E-state index contributed by atoms with van der Waals surface area (Å²) in [5.41, 5.74) is 3.20. The number of aromatic nitrogens is 1. The van der Waals surface area contributed by atoms with Gasteiger partial charge in [0, 0.05) is 16.5 Å². The van der Waals surface area contributed by atoms with Gasteiger partial charge in [-0.05, 0) is 31.0 Å². The van der Waals surface area contributed by atoms with Crippen LogP contribution in [0.4, 0.5) is 0 Å². The molecule has 0 atom stereocenters. The van der Waals surface area contributed by atoms with Gasteiger partial charge in [-0.15, -0.1) is 11.8 Å². The number of nitrogens with zero attached hydrogens (tertiary/aromatic N) is 1. The Hall–Kier alpha value is -1.55. The lowest BCUT2D eigenvalue weighted by atomic mass is 10.1. The van der Waals surface area contributed by atoms with Crippen LogP contribution in [-0.2, 0) is 4.79 Å². The number of aryl methyl sites for hydroxylation is 2. The number of fused-ring (bicyclic) bond motifs is 1. The minimum atomic E-state index is -0.801. The van der Waals surface area contributed by atoms with Crippen molar-refractivity contribution in [2.75, 3.05) is 5.75 Å². The summed E-state index contributed by atoms with van der Waals surface area (Å²) in [4.78, 5) is 16.0. The highest BCUT2D eigenvalue weighted by Crippen LogP contribution is 2.30. The Kier molecular flexibility index (Phi) is 3.33. The zero-order chi connectivity index (χ0) is 12.4. The fraction of sp³-hybridized carbons (Fsp3) is 0.231. The van der Waals surface area contributed by atoms with Crippen molar-refractivity contribution in [2.45, 2.75) is 18.7 Å². The summed E-state index contributed by atoms with van der Waals surface area (Å²) < 4.78 is 0. The van der Waals surface area contributed by atoms with Crippen LogP contribution in [0.15, 0.2) is 29.3 Å². The van der Waals surface area contributed by atoms with Gasteiger partial charge in [0.25, 0.3) is 0 Å². The molecule has 0 fully saturated rings. The first-order chi connectivity index (χ1) is 8.09. The average Bonchev–Trinajstić information content (AvgIpc) is 2.31. The van der Waals surface area contributed by atoms with E-state index in [4.69, 9.17) is 5.11 Å². The molecule has 0 aliphatic heterocycles. The Bertz CT molecular complexity index is 581. The van der Waals surface area contributed by atoms with E-state index in [0.29, 0.717) is 0 Å². The third-order valence-corrected chi connectivity index (χ3v) is 3.66. The van der Waals surface area contributed by atoms with E-state index in [1.54, 1.807) is 6.20 Å². The molecule has 0 aliphatic rings. The third kappa shape index (κ3) is 2.42. The average molecular weight is 247 g/mol. The van der Waals surface area contributed by atoms with Crippen LogP contribution in [0.3, 0.4) is 0 Å². The van der Waals surface area contributed by atoms with Crippen LogP contribution in [0.25, 0.3) is 10.9 Å². The first-order valence-corrected chi connectivity index (χ1v) is 6.27. The summed E-state index contributed by atoms with van der Waals surface area (Å²) in [7, 11) is 0. The van der Waals surface area contributed by atoms with Gasteiger partial charge >= 0.3 is 5.97 Å². The van der Waals surface area contributed by atoms with Gasteiger partial charge in [0.1, 0.15) is 0 Å². The minimum Gasteiger partial charge on any atom is -0.481 e. The molecule has 1 aromatic carbocycles. The van der Waals surface area contributed by atoms with Crippen molar-refractivity contribution in [1.82, 2.24) is 4.98 Å². The summed E-state index contributed by atoms with van der Waals surface area (Å²) in [6.45, 7) is 4.04. The first-order valence-electron chi connectivity index (χ1n) is 5.29. The molecule has 0 saturated carbocycles. The van der Waals surface area contributed by atoms with E-state index in [-0.39, 0.29) is 5.75 Å². The van der Waals surface area contributed by atoms with Crippen molar-refractivity contribution in [3.05, 3.63) is 35.5 Å². The quantitative estimate of drug-likeness (QED) is 0.847. The largest absolute Gasteiger partial charge is 0.481 e. The second-order valence-electron chi connectivity index (χ2n) is 3.91. The van der Waals surface area contributed by atoms with E-state index in [0.717, 1.165) is 26.9 Å². The SMILES string of the molecule is Cc1ccc(C)c2c(SCC(=O)O)ccnc12. The van der Waals surface area contributed by atoms with Crippen molar-refractivity contribution in [2.24, 2.45) is 0 Å².